The standard InChI is InChI=1S/C13H16N2/c1-11-2-4-12(5-3-11)8-15-10-13-6-7-14-9-13/h2-7,9,14-15H,8,10H2,1H3. The fourth-order valence-corrected chi connectivity index (χ4v) is 1.53. The Morgan fingerprint density at radius 1 is 1.00 bits per heavy atom. The molecule has 0 aliphatic rings. The second-order valence-corrected chi connectivity index (χ2v) is 3.81. The first-order valence-corrected chi connectivity index (χ1v) is 5.22. The van der Waals surface area contributed by atoms with Gasteiger partial charge >= 0.3 is 0 Å². The quantitative estimate of drug-likeness (QED) is 0.780. The summed E-state index contributed by atoms with van der Waals surface area (Å²) >= 11 is 0. The van der Waals surface area contributed by atoms with Crippen molar-refractivity contribution < 1.29 is 0 Å². The average Bonchev–Trinajstić information content (AvgIpc) is 2.74. The predicted octanol–water partition coefficient (Wildman–Crippen LogP) is 2.61. The molecule has 0 bridgehead atoms. The van der Waals surface area contributed by atoms with Gasteiger partial charge in [0.2, 0.25) is 0 Å². The Balaban J connectivity index is 1.81. The summed E-state index contributed by atoms with van der Waals surface area (Å²) in [6.07, 6.45) is 3.96. The van der Waals surface area contributed by atoms with Gasteiger partial charge in [0, 0.05) is 25.5 Å². The van der Waals surface area contributed by atoms with E-state index in [9.17, 15) is 0 Å². The van der Waals surface area contributed by atoms with E-state index in [1.165, 1.54) is 16.7 Å². The number of aromatic amines is 1. The van der Waals surface area contributed by atoms with Crippen LogP contribution < -0.4 is 5.32 Å². The summed E-state index contributed by atoms with van der Waals surface area (Å²) in [5.41, 5.74) is 3.93. The smallest absolute Gasteiger partial charge is 0.0223 e. The summed E-state index contributed by atoms with van der Waals surface area (Å²) in [5, 5.41) is 3.40. The van der Waals surface area contributed by atoms with E-state index in [1.54, 1.807) is 0 Å². The van der Waals surface area contributed by atoms with Gasteiger partial charge in [0.15, 0.2) is 0 Å². The average molecular weight is 200 g/mol. The van der Waals surface area contributed by atoms with Crippen molar-refractivity contribution in [2.45, 2.75) is 20.0 Å². The van der Waals surface area contributed by atoms with Crippen LogP contribution in [0.25, 0.3) is 0 Å². The Hall–Kier alpha value is -1.54. The predicted molar refractivity (Wildman–Crippen MR) is 62.5 cm³/mol. The van der Waals surface area contributed by atoms with Crippen LogP contribution in [0.1, 0.15) is 16.7 Å². The molecule has 78 valence electrons. The van der Waals surface area contributed by atoms with Crippen molar-refractivity contribution in [3.8, 4) is 0 Å². The fraction of sp³-hybridized carbons (Fsp3) is 0.231. The molecule has 2 aromatic rings. The van der Waals surface area contributed by atoms with Crippen molar-refractivity contribution >= 4 is 0 Å². The number of hydrogen-bond acceptors (Lipinski definition) is 1. The van der Waals surface area contributed by atoms with Gasteiger partial charge in [-0.1, -0.05) is 29.8 Å². The van der Waals surface area contributed by atoms with Crippen molar-refractivity contribution in [1.29, 1.82) is 0 Å². The van der Waals surface area contributed by atoms with Crippen LogP contribution in [0.3, 0.4) is 0 Å². The molecule has 2 N–H and O–H groups in total. The zero-order chi connectivity index (χ0) is 10.5. The van der Waals surface area contributed by atoms with Crippen molar-refractivity contribution in [2.75, 3.05) is 0 Å². The maximum Gasteiger partial charge on any atom is 0.0223 e. The highest BCUT2D eigenvalue weighted by molar-refractivity contribution is 5.21. The van der Waals surface area contributed by atoms with Gasteiger partial charge in [0.25, 0.3) is 0 Å². The molecule has 2 rings (SSSR count). The normalized spacial score (nSPS) is 10.5. The summed E-state index contributed by atoms with van der Waals surface area (Å²) < 4.78 is 0. The van der Waals surface area contributed by atoms with Crippen molar-refractivity contribution in [2.24, 2.45) is 0 Å². The minimum Gasteiger partial charge on any atom is -0.367 e. The lowest BCUT2D eigenvalue weighted by molar-refractivity contribution is 0.694. The number of aryl methyl sites for hydroxylation is 1. The molecular formula is C13H16N2. The molecule has 0 atom stereocenters. The Morgan fingerprint density at radius 3 is 2.40 bits per heavy atom. The van der Waals surface area contributed by atoms with E-state index >= 15 is 0 Å². The van der Waals surface area contributed by atoms with Crippen molar-refractivity contribution in [3.63, 3.8) is 0 Å². The molecular weight excluding hydrogens is 184 g/mol. The number of hydrogen-bond donors (Lipinski definition) is 2. The molecule has 0 radical (unpaired) electrons. The van der Waals surface area contributed by atoms with Gasteiger partial charge in [-0.2, -0.15) is 0 Å². The highest BCUT2D eigenvalue weighted by Crippen LogP contribution is 2.03. The summed E-state index contributed by atoms with van der Waals surface area (Å²) in [6.45, 7) is 3.94. The minimum atomic E-state index is 0.914. The SMILES string of the molecule is Cc1ccc(CNCc2cc[nH]c2)cc1. The van der Waals surface area contributed by atoms with E-state index in [1.807, 2.05) is 12.4 Å². The van der Waals surface area contributed by atoms with Crippen LogP contribution in [0.15, 0.2) is 42.7 Å². The lowest BCUT2D eigenvalue weighted by Crippen LogP contribution is -2.11. The van der Waals surface area contributed by atoms with Gasteiger partial charge in [-0.05, 0) is 24.1 Å². The van der Waals surface area contributed by atoms with Crippen LogP contribution in [0.4, 0.5) is 0 Å². The highest BCUT2D eigenvalue weighted by atomic mass is 14.9. The Labute approximate surface area is 90.3 Å². The molecule has 1 aromatic carbocycles. The molecule has 0 amide bonds. The molecule has 0 saturated carbocycles. The summed E-state index contributed by atoms with van der Waals surface area (Å²) in [5.74, 6) is 0. The lowest BCUT2D eigenvalue weighted by Gasteiger charge is -2.03. The first-order valence-electron chi connectivity index (χ1n) is 5.22. The summed E-state index contributed by atoms with van der Waals surface area (Å²) in [6, 6.07) is 10.7. The molecule has 0 spiro atoms. The van der Waals surface area contributed by atoms with Gasteiger partial charge in [-0.15, -0.1) is 0 Å². The minimum absolute atomic E-state index is 0.914. The van der Waals surface area contributed by atoms with Crippen LogP contribution in [0.2, 0.25) is 0 Å². The Morgan fingerprint density at radius 2 is 1.73 bits per heavy atom. The molecule has 15 heavy (non-hydrogen) atoms. The van der Waals surface area contributed by atoms with Crippen LogP contribution in [-0.4, -0.2) is 4.98 Å². The number of aromatic nitrogens is 1. The summed E-state index contributed by atoms with van der Waals surface area (Å²) in [4.78, 5) is 3.05. The van der Waals surface area contributed by atoms with E-state index in [4.69, 9.17) is 0 Å². The summed E-state index contributed by atoms with van der Waals surface area (Å²) in [7, 11) is 0. The topological polar surface area (TPSA) is 27.8 Å². The van der Waals surface area contributed by atoms with Gasteiger partial charge in [-0.25, -0.2) is 0 Å². The number of H-pyrrole nitrogens is 1. The maximum atomic E-state index is 3.40. The molecule has 2 heteroatoms. The molecule has 0 aliphatic carbocycles. The Kier molecular flexibility index (Phi) is 3.20. The molecule has 1 heterocycles. The second kappa shape index (κ2) is 4.80. The third-order valence-corrected chi connectivity index (χ3v) is 2.44. The molecule has 0 fully saturated rings. The zero-order valence-corrected chi connectivity index (χ0v) is 8.96. The van der Waals surface area contributed by atoms with E-state index in [0.29, 0.717) is 0 Å². The lowest BCUT2D eigenvalue weighted by atomic mass is 10.1. The third kappa shape index (κ3) is 2.96. The number of benzene rings is 1. The van der Waals surface area contributed by atoms with E-state index in [-0.39, 0.29) is 0 Å². The molecule has 0 aliphatic heterocycles. The number of rotatable bonds is 4. The first kappa shape index (κ1) is 9.99. The van der Waals surface area contributed by atoms with Crippen LogP contribution >= 0.6 is 0 Å². The Bertz CT molecular complexity index is 387. The van der Waals surface area contributed by atoms with E-state index in [2.05, 4.69) is 47.6 Å². The van der Waals surface area contributed by atoms with E-state index < -0.39 is 0 Å². The molecule has 0 saturated heterocycles. The van der Waals surface area contributed by atoms with Gasteiger partial charge in [-0.3, -0.25) is 0 Å². The second-order valence-electron chi connectivity index (χ2n) is 3.81. The van der Waals surface area contributed by atoms with E-state index in [0.717, 1.165) is 13.1 Å². The maximum absolute atomic E-state index is 3.40. The molecule has 1 aromatic heterocycles. The third-order valence-electron chi connectivity index (χ3n) is 2.44. The largest absolute Gasteiger partial charge is 0.367 e. The van der Waals surface area contributed by atoms with Gasteiger partial charge in [0.1, 0.15) is 0 Å². The van der Waals surface area contributed by atoms with Crippen LogP contribution in [0.5, 0.6) is 0 Å². The monoisotopic (exact) mass is 200 g/mol. The first-order chi connectivity index (χ1) is 7.34. The van der Waals surface area contributed by atoms with Crippen molar-refractivity contribution in [3.05, 3.63) is 59.4 Å². The van der Waals surface area contributed by atoms with Gasteiger partial charge < -0.3 is 10.3 Å². The fourth-order valence-electron chi connectivity index (χ4n) is 1.53. The highest BCUT2D eigenvalue weighted by Gasteiger charge is 1.93. The zero-order valence-electron chi connectivity index (χ0n) is 8.96. The van der Waals surface area contributed by atoms with Crippen molar-refractivity contribution in [1.82, 2.24) is 10.3 Å². The molecule has 0 unspecified atom stereocenters. The van der Waals surface area contributed by atoms with Crippen LogP contribution in [-0.2, 0) is 13.1 Å². The number of nitrogens with one attached hydrogen (secondary N) is 2. The van der Waals surface area contributed by atoms with Crippen LogP contribution in [0, 0.1) is 6.92 Å². The van der Waals surface area contributed by atoms with Gasteiger partial charge in [0.05, 0.1) is 0 Å². The molecule has 2 nitrogen and oxygen atoms in total.